The molecular weight excluding hydrogens is 332 g/mol. The van der Waals surface area contributed by atoms with Gasteiger partial charge in [-0.25, -0.2) is 14.4 Å². The lowest BCUT2D eigenvalue weighted by Gasteiger charge is -2.33. The van der Waals surface area contributed by atoms with E-state index in [9.17, 15) is 24.0 Å². The highest BCUT2D eigenvalue weighted by Gasteiger charge is 2.54. The number of Topliss-reactive ketones (excluding diaryl/α,β-unsaturated/α-hetero) is 1. The molecule has 0 amide bonds. The molecule has 25 heavy (non-hydrogen) atoms. The van der Waals surface area contributed by atoms with Crippen molar-refractivity contribution in [1.82, 2.24) is 0 Å². The normalized spacial score (nSPS) is 13.7. The fourth-order valence-electron chi connectivity index (χ4n) is 2.03. The fraction of sp³-hybridized carbons (Fsp3) is 0.588. The van der Waals surface area contributed by atoms with E-state index in [0.29, 0.717) is 6.42 Å². The quantitative estimate of drug-likeness (QED) is 0.292. The van der Waals surface area contributed by atoms with Crippen molar-refractivity contribution in [2.24, 2.45) is 5.41 Å². The molecule has 0 aromatic heterocycles. The van der Waals surface area contributed by atoms with Gasteiger partial charge >= 0.3 is 23.9 Å². The van der Waals surface area contributed by atoms with Gasteiger partial charge < -0.3 is 14.2 Å². The SMILES string of the molecule is CCCC(OC(=O)C=CC(=O)OC)(C(=O)OC(C)=O)C(=O)C(C)(C)C. The fourth-order valence-corrected chi connectivity index (χ4v) is 2.03. The van der Waals surface area contributed by atoms with E-state index in [2.05, 4.69) is 9.47 Å². The molecule has 0 aliphatic heterocycles. The first-order valence-corrected chi connectivity index (χ1v) is 7.67. The van der Waals surface area contributed by atoms with Gasteiger partial charge in [-0.1, -0.05) is 34.1 Å². The number of ketones is 1. The van der Waals surface area contributed by atoms with Crippen molar-refractivity contribution in [3.8, 4) is 0 Å². The van der Waals surface area contributed by atoms with Crippen molar-refractivity contribution in [2.45, 2.75) is 53.1 Å². The zero-order valence-electron chi connectivity index (χ0n) is 15.3. The van der Waals surface area contributed by atoms with Crippen molar-refractivity contribution in [2.75, 3.05) is 7.11 Å². The molecular formula is C17H24O8. The summed E-state index contributed by atoms with van der Waals surface area (Å²) in [5.41, 5.74) is -3.34. The molecule has 1 atom stereocenters. The third-order valence-corrected chi connectivity index (χ3v) is 3.05. The molecule has 0 bridgehead atoms. The summed E-state index contributed by atoms with van der Waals surface area (Å²) in [4.78, 5) is 59.5. The van der Waals surface area contributed by atoms with E-state index in [1.54, 1.807) is 27.7 Å². The number of esters is 4. The summed E-state index contributed by atoms with van der Waals surface area (Å²) in [6, 6.07) is 0. The van der Waals surface area contributed by atoms with Crippen molar-refractivity contribution in [3.05, 3.63) is 12.2 Å². The first-order chi connectivity index (χ1) is 11.4. The smallest absolute Gasteiger partial charge is 0.366 e. The van der Waals surface area contributed by atoms with Crippen LogP contribution in [0.15, 0.2) is 12.2 Å². The van der Waals surface area contributed by atoms with Gasteiger partial charge in [0.25, 0.3) is 5.60 Å². The van der Waals surface area contributed by atoms with E-state index in [-0.39, 0.29) is 6.42 Å². The maximum Gasteiger partial charge on any atom is 0.366 e. The van der Waals surface area contributed by atoms with Gasteiger partial charge in [0.2, 0.25) is 0 Å². The van der Waals surface area contributed by atoms with Crippen LogP contribution in [0.25, 0.3) is 0 Å². The molecule has 0 heterocycles. The van der Waals surface area contributed by atoms with Crippen LogP contribution in [0, 0.1) is 5.41 Å². The summed E-state index contributed by atoms with van der Waals surface area (Å²) in [5.74, 6) is -4.84. The molecule has 0 aliphatic carbocycles. The molecule has 0 rings (SSSR count). The first kappa shape index (κ1) is 22.5. The summed E-state index contributed by atoms with van der Waals surface area (Å²) < 4.78 is 14.0. The summed E-state index contributed by atoms with van der Waals surface area (Å²) >= 11 is 0. The molecule has 0 N–H and O–H groups in total. The van der Waals surface area contributed by atoms with Crippen LogP contribution in [0.4, 0.5) is 0 Å². The van der Waals surface area contributed by atoms with E-state index in [1.165, 1.54) is 0 Å². The predicted molar refractivity (Wildman–Crippen MR) is 86.1 cm³/mol. The van der Waals surface area contributed by atoms with Gasteiger partial charge in [0.05, 0.1) is 7.11 Å². The molecule has 0 saturated heterocycles. The van der Waals surface area contributed by atoms with E-state index < -0.39 is 40.7 Å². The van der Waals surface area contributed by atoms with Gasteiger partial charge in [-0.2, -0.15) is 0 Å². The Kier molecular flexibility index (Phi) is 8.19. The van der Waals surface area contributed by atoms with Crippen LogP contribution in [0.3, 0.4) is 0 Å². The minimum atomic E-state index is -2.28. The van der Waals surface area contributed by atoms with Crippen molar-refractivity contribution in [1.29, 1.82) is 0 Å². The second-order valence-electron chi connectivity index (χ2n) is 6.31. The van der Waals surface area contributed by atoms with Gasteiger partial charge in [-0.15, -0.1) is 0 Å². The third kappa shape index (κ3) is 6.48. The van der Waals surface area contributed by atoms with Crippen LogP contribution in [-0.2, 0) is 38.2 Å². The van der Waals surface area contributed by atoms with E-state index >= 15 is 0 Å². The molecule has 0 saturated carbocycles. The van der Waals surface area contributed by atoms with E-state index in [4.69, 9.17) is 4.74 Å². The molecule has 8 nitrogen and oxygen atoms in total. The highest BCUT2D eigenvalue weighted by Crippen LogP contribution is 2.31. The Morgan fingerprint density at radius 3 is 1.88 bits per heavy atom. The Morgan fingerprint density at radius 1 is 0.960 bits per heavy atom. The number of carbonyl (C=O) groups excluding carboxylic acids is 5. The highest BCUT2D eigenvalue weighted by molar-refractivity contribution is 6.13. The molecule has 1 unspecified atom stereocenters. The Bertz CT molecular complexity index is 582. The van der Waals surface area contributed by atoms with Crippen molar-refractivity contribution in [3.63, 3.8) is 0 Å². The number of methoxy groups -OCH3 is 1. The zero-order valence-corrected chi connectivity index (χ0v) is 15.3. The lowest BCUT2D eigenvalue weighted by molar-refractivity contribution is -0.189. The highest BCUT2D eigenvalue weighted by atomic mass is 16.6. The number of hydrogen-bond donors (Lipinski definition) is 0. The van der Waals surface area contributed by atoms with Crippen LogP contribution in [0.1, 0.15) is 47.5 Å². The molecule has 0 radical (unpaired) electrons. The lowest BCUT2D eigenvalue weighted by atomic mass is 9.77. The number of hydrogen-bond acceptors (Lipinski definition) is 8. The second kappa shape index (κ2) is 9.10. The van der Waals surface area contributed by atoms with Gasteiger partial charge in [-0.05, 0) is 0 Å². The minimum absolute atomic E-state index is 0.174. The molecule has 0 spiro atoms. The summed E-state index contributed by atoms with van der Waals surface area (Å²) in [6.45, 7) is 7.29. The van der Waals surface area contributed by atoms with E-state index in [1.807, 2.05) is 0 Å². The van der Waals surface area contributed by atoms with Gasteiger partial charge in [0.15, 0.2) is 5.78 Å². The average Bonchev–Trinajstić information content (AvgIpc) is 2.49. The van der Waals surface area contributed by atoms with Crippen LogP contribution < -0.4 is 0 Å². The van der Waals surface area contributed by atoms with Gasteiger partial charge in [0, 0.05) is 30.9 Å². The molecule has 0 aromatic rings. The largest absolute Gasteiger partial charge is 0.466 e. The lowest BCUT2D eigenvalue weighted by Crippen LogP contribution is -2.55. The molecule has 0 fully saturated rings. The maximum atomic E-state index is 12.8. The van der Waals surface area contributed by atoms with Crippen LogP contribution in [-0.4, -0.2) is 42.4 Å². The topological polar surface area (TPSA) is 113 Å². The Morgan fingerprint density at radius 2 is 1.48 bits per heavy atom. The second-order valence-corrected chi connectivity index (χ2v) is 6.31. The first-order valence-electron chi connectivity index (χ1n) is 7.67. The van der Waals surface area contributed by atoms with Gasteiger partial charge in [0.1, 0.15) is 0 Å². The zero-order chi connectivity index (χ0) is 19.8. The van der Waals surface area contributed by atoms with Crippen LogP contribution >= 0.6 is 0 Å². The van der Waals surface area contributed by atoms with Crippen molar-refractivity contribution >= 4 is 29.7 Å². The number of ether oxygens (including phenoxy) is 3. The maximum absolute atomic E-state index is 12.8. The van der Waals surface area contributed by atoms with Crippen LogP contribution in [0.2, 0.25) is 0 Å². The van der Waals surface area contributed by atoms with E-state index in [0.717, 1.165) is 26.2 Å². The number of carbonyl (C=O) groups is 5. The van der Waals surface area contributed by atoms with Crippen molar-refractivity contribution < 1.29 is 38.2 Å². The van der Waals surface area contributed by atoms with Gasteiger partial charge in [-0.3, -0.25) is 9.59 Å². The van der Waals surface area contributed by atoms with Crippen LogP contribution in [0.5, 0.6) is 0 Å². The minimum Gasteiger partial charge on any atom is -0.466 e. The number of rotatable bonds is 7. The summed E-state index contributed by atoms with van der Waals surface area (Å²) in [5, 5.41) is 0. The third-order valence-electron chi connectivity index (χ3n) is 3.05. The standard InChI is InChI=1S/C17H24O8/c1-7-10-17(14(21)16(3,4)5,15(22)24-11(2)18)25-13(20)9-8-12(19)23-6/h8-9H,7,10H2,1-6H3. The Hall–Kier alpha value is -2.51. The molecule has 8 heteroatoms. The molecule has 0 aliphatic rings. The average molecular weight is 356 g/mol. The summed E-state index contributed by atoms with van der Waals surface area (Å²) in [6.07, 6.45) is 1.64. The summed E-state index contributed by atoms with van der Waals surface area (Å²) in [7, 11) is 1.12. The monoisotopic (exact) mass is 356 g/mol. The molecule has 140 valence electrons. The Labute approximate surface area is 146 Å². The Balaban J connectivity index is 5.92. The molecule has 0 aromatic carbocycles. The predicted octanol–water partition coefficient (Wildman–Crippen LogP) is 1.50.